The number of carbonyl (C=O) groups excluding carboxylic acids is 1. The summed E-state index contributed by atoms with van der Waals surface area (Å²) < 4.78 is 18.2. The molecule has 3 saturated carbocycles. The smallest absolute Gasteiger partial charge is 0.303 e. The maximum atomic E-state index is 12.5. The predicted octanol–water partition coefficient (Wildman–Crippen LogP) is 7.77. The molecule has 0 spiro atoms. The van der Waals surface area contributed by atoms with Crippen molar-refractivity contribution < 1.29 is 19.0 Å². The van der Waals surface area contributed by atoms with Crippen molar-refractivity contribution in [3.05, 3.63) is 41.0 Å². The molecule has 0 amide bonds. The first-order valence-corrected chi connectivity index (χ1v) is 18.0. The number of methoxy groups -OCH3 is 1. The fourth-order valence-electron chi connectivity index (χ4n) is 10.3. The van der Waals surface area contributed by atoms with Crippen LogP contribution in [0.2, 0.25) is 0 Å². The molecular weight excluding hydrogens is 560 g/mol. The summed E-state index contributed by atoms with van der Waals surface area (Å²) in [5, 5.41) is 0. The van der Waals surface area contributed by atoms with Crippen LogP contribution < -0.4 is 9.47 Å². The minimum Gasteiger partial charge on any atom is -0.493 e. The number of allylic oxidation sites excluding steroid dienone is 1. The van der Waals surface area contributed by atoms with Gasteiger partial charge in [0.25, 0.3) is 0 Å². The lowest BCUT2D eigenvalue weighted by molar-refractivity contribution is -0.154. The topological polar surface area (TPSA) is 51.2 Å². The average Bonchev–Trinajstić information content (AvgIpc) is 3.66. The third kappa shape index (κ3) is 6.23. The number of benzene rings is 1. The van der Waals surface area contributed by atoms with Crippen LogP contribution in [0.4, 0.5) is 0 Å². The molecule has 0 bridgehead atoms. The Bertz CT molecular complexity index is 1280. The Balaban J connectivity index is 1.25. The average molecular weight is 619 g/mol. The number of likely N-dealkylation sites (tertiary alicyclic amines) is 1. The van der Waals surface area contributed by atoms with Gasteiger partial charge in [0, 0.05) is 24.9 Å². The number of hydrogen-bond acceptors (Lipinski definition) is 6. The van der Waals surface area contributed by atoms with Gasteiger partial charge in [-0.1, -0.05) is 51.5 Å². The minimum absolute atomic E-state index is 0.0390. The molecule has 1 saturated heterocycles. The fourth-order valence-corrected chi connectivity index (χ4v) is 10.3. The van der Waals surface area contributed by atoms with E-state index in [0.29, 0.717) is 23.9 Å². The van der Waals surface area contributed by atoms with Crippen molar-refractivity contribution >= 4 is 12.0 Å². The highest BCUT2D eigenvalue weighted by atomic mass is 16.5. The van der Waals surface area contributed by atoms with E-state index in [1.807, 2.05) is 6.07 Å². The highest BCUT2D eigenvalue weighted by Crippen LogP contribution is 2.66. The first-order valence-electron chi connectivity index (χ1n) is 18.0. The Kier molecular flexibility index (Phi) is 9.74. The number of hydrogen-bond donors (Lipinski definition) is 0. The maximum Gasteiger partial charge on any atom is 0.303 e. The monoisotopic (exact) mass is 618 g/mol. The van der Waals surface area contributed by atoms with Gasteiger partial charge >= 0.3 is 5.97 Å². The summed E-state index contributed by atoms with van der Waals surface area (Å²) in [7, 11) is 1.70. The second-order valence-corrected chi connectivity index (χ2v) is 15.1. The molecule has 6 rings (SSSR count). The number of likely N-dealkylation sites (N-methyl/N-ethyl adjacent to an activating group) is 1. The molecule has 1 aromatic carbocycles. The van der Waals surface area contributed by atoms with E-state index >= 15 is 0 Å². The van der Waals surface area contributed by atoms with E-state index in [4.69, 9.17) is 14.2 Å². The van der Waals surface area contributed by atoms with Gasteiger partial charge in [0.05, 0.1) is 7.11 Å². The van der Waals surface area contributed by atoms with Gasteiger partial charge in [0.15, 0.2) is 11.5 Å². The van der Waals surface area contributed by atoms with Gasteiger partial charge in [-0.15, -0.1) is 0 Å². The summed E-state index contributed by atoms with van der Waals surface area (Å²) in [5.41, 5.74) is 4.38. The fraction of sp³-hybridized carbons (Fsp3) is 0.718. The Morgan fingerprint density at radius 2 is 1.82 bits per heavy atom. The number of ether oxygens (including phenoxy) is 3. The second kappa shape index (κ2) is 13.4. The van der Waals surface area contributed by atoms with Gasteiger partial charge in [-0.2, -0.15) is 0 Å². The van der Waals surface area contributed by atoms with Crippen molar-refractivity contribution in [2.45, 2.75) is 105 Å². The van der Waals surface area contributed by atoms with Crippen LogP contribution in [0.1, 0.15) is 98.0 Å². The van der Waals surface area contributed by atoms with Crippen molar-refractivity contribution in [3.8, 4) is 11.5 Å². The summed E-state index contributed by atoms with van der Waals surface area (Å²) in [4.78, 5) is 17.7. The lowest BCUT2D eigenvalue weighted by Crippen LogP contribution is -2.52. The van der Waals surface area contributed by atoms with Crippen molar-refractivity contribution in [2.24, 2.45) is 28.6 Å². The van der Waals surface area contributed by atoms with E-state index in [9.17, 15) is 4.79 Å². The third-order valence-electron chi connectivity index (χ3n) is 12.9. The molecule has 1 aromatic rings. The Morgan fingerprint density at radius 3 is 2.53 bits per heavy atom. The van der Waals surface area contributed by atoms with Crippen LogP contribution in [0.15, 0.2) is 35.4 Å². The van der Waals surface area contributed by atoms with Crippen molar-refractivity contribution in [1.29, 1.82) is 0 Å². The number of esters is 1. The lowest BCUT2D eigenvalue weighted by atomic mass is 9.48. The van der Waals surface area contributed by atoms with Crippen LogP contribution in [-0.4, -0.2) is 74.4 Å². The standard InChI is InChI=1S/C39H58N2O4/c1-7-40(8-2)21-22-44-36-24-28(11-14-35(36)43-6)23-29-25-34-32-13-12-30-26-31(41-19-9-10-20-41)15-17-38(30,4)33(32)16-18-39(34,5)37(29)45-27(3)42/h11-12,14,23-24,31-34,37H,7-10,13,15-22,25-26H2,1-6H3/b29-23+/t31-,32+,33-,34-,37-,38-,39-/m0/s1. The van der Waals surface area contributed by atoms with Gasteiger partial charge in [0.1, 0.15) is 12.7 Å². The number of rotatable bonds is 10. The van der Waals surface area contributed by atoms with Crippen molar-refractivity contribution in [1.82, 2.24) is 9.80 Å². The van der Waals surface area contributed by atoms with Crippen molar-refractivity contribution in [3.63, 3.8) is 0 Å². The highest BCUT2D eigenvalue weighted by molar-refractivity contribution is 5.68. The molecular formula is C39H58N2O4. The quantitative estimate of drug-likeness (QED) is 0.197. The highest BCUT2D eigenvalue weighted by Gasteiger charge is 2.61. The molecule has 6 heteroatoms. The summed E-state index contributed by atoms with van der Waals surface area (Å²) in [6, 6.07) is 6.96. The van der Waals surface area contributed by atoms with Gasteiger partial charge in [0.2, 0.25) is 0 Å². The normalized spacial score (nSPS) is 35.5. The summed E-state index contributed by atoms with van der Waals surface area (Å²) in [5.74, 6) is 3.22. The molecule has 0 N–H and O–H groups in total. The minimum atomic E-state index is -0.181. The van der Waals surface area contributed by atoms with E-state index in [1.165, 1.54) is 63.6 Å². The molecule has 248 valence electrons. The van der Waals surface area contributed by atoms with Crippen LogP contribution in [0.5, 0.6) is 11.5 Å². The molecule has 0 unspecified atom stereocenters. The first-order chi connectivity index (χ1) is 21.7. The van der Waals surface area contributed by atoms with E-state index in [1.54, 1.807) is 19.6 Å². The molecule has 1 aliphatic heterocycles. The largest absolute Gasteiger partial charge is 0.493 e. The number of carbonyl (C=O) groups is 1. The van der Waals surface area contributed by atoms with E-state index in [2.05, 4.69) is 61.8 Å². The van der Waals surface area contributed by atoms with Crippen molar-refractivity contribution in [2.75, 3.05) is 46.4 Å². The Morgan fingerprint density at radius 1 is 1.04 bits per heavy atom. The molecule has 1 heterocycles. The molecule has 4 fully saturated rings. The van der Waals surface area contributed by atoms with Gasteiger partial charge < -0.3 is 24.0 Å². The lowest BCUT2D eigenvalue weighted by Gasteiger charge is -2.58. The Hall–Kier alpha value is -2.31. The Labute approximate surface area is 272 Å². The third-order valence-corrected chi connectivity index (χ3v) is 12.9. The van der Waals surface area contributed by atoms with Crippen LogP contribution in [0, 0.1) is 28.6 Å². The molecule has 4 aliphatic carbocycles. The molecule has 0 aromatic heterocycles. The molecule has 45 heavy (non-hydrogen) atoms. The van der Waals surface area contributed by atoms with E-state index in [-0.39, 0.29) is 17.5 Å². The van der Waals surface area contributed by atoms with Gasteiger partial charge in [-0.25, -0.2) is 0 Å². The number of nitrogens with zero attached hydrogens (tertiary/aromatic N) is 2. The summed E-state index contributed by atoms with van der Waals surface area (Å²) in [6.45, 7) is 17.1. The summed E-state index contributed by atoms with van der Waals surface area (Å²) >= 11 is 0. The SMILES string of the molecule is CCN(CC)CCOc1cc(/C=C2\C[C@H]3[C@@H]4CC=C5C[C@@H](N6CCCC6)CC[C@]5(C)[C@H]4CC[C@]3(C)[C@H]2OC(C)=O)ccc1OC. The second-order valence-electron chi connectivity index (χ2n) is 15.1. The zero-order valence-corrected chi connectivity index (χ0v) is 28.9. The first kappa shape index (κ1) is 32.6. The van der Waals surface area contributed by atoms with Gasteiger partial charge in [-0.05, 0) is 130 Å². The van der Waals surface area contributed by atoms with Crippen LogP contribution in [0.25, 0.3) is 6.08 Å². The van der Waals surface area contributed by atoms with Crippen LogP contribution >= 0.6 is 0 Å². The zero-order valence-electron chi connectivity index (χ0n) is 28.9. The molecule has 5 aliphatic rings. The molecule has 7 atom stereocenters. The molecule has 0 radical (unpaired) electrons. The molecule has 6 nitrogen and oxygen atoms in total. The van der Waals surface area contributed by atoms with Gasteiger partial charge in [-0.3, -0.25) is 4.79 Å². The van der Waals surface area contributed by atoms with E-state index < -0.39 is 0 Å². The van der Waals surface area contributed by atoms with Crippen LogP contribution in [0.3, 0.4) is 0 Å². The van der Waals surface area contributed by atoms with E-state index in [0.717, 1.165) is 61.5 Å². The predicted molar refractivity (Wildman–Crippen MR) is 181 cm³/mol. The maximum absolute atomic E-state index is 12.5. The number of fused-ring (bicyclic) bond motifs is 5. The van der Waals surface area contributed by atoms with Crippen LogP contribution in [-0.2, 0) is 9.53 Å². The zero-order chi connectivity index (χ0) is 31.8. The summed E-state index contributed by atoms with van der Waals surface area (Å²) in [6.07, 6.45) is 16.0.